The van der Waals surface area contributed by atoms with E-state index in [1.54, 1.807) is 0 Å². The first-order valence-corrected chi connectivity index (χ1v) is 26.0. The molecular weight excluding hydrogens is 862 g/mol. The summed E-state index contributed by atoms with van der Waals surface area (Å²) in [6.07, 6.45) is 47.5. The van der Waals surface area contributed by atoms with Crippen LogP contribution in [0.1, 0.15) is 149 Å². The maximum Gasteiger partial charge on any atom is 0.472 e. The van der Waals surface area contributed by atoms with Gasteiger partial charge < -0.3 is 34.4 Å². The molecule has 16 heteroatoms. The summed E-state index contributed by atoms with van der Waals surface area (Å²) in [7, 11) is -9.73. The lowest BCUT2D eigenvalue weighted by Crippen LogP contribution is -2.30. The van der Waals surface area contributed by atoms with Crippen molar-refractivity contribution in [2.45, 2.75) is 167 Å². The Bertz CT molecular complexity index is 1510. The average Bonchev–Trinajstić information content (AvgIpc) is 3.25. The van der Waals surface area contributed by atoms with Gasteiger partial charge in [-0.2, -0.15) is 0 Å². The molecule has 0 aliphatic rings. The van der Waals surface area contributed by atoms with E-state index in [0.717, 1.165) is 77.0 Å². The van der Waals surface area contributed by atoms with Gasteiger partial charge in [0, 0.05) is 12.8 Å². The Labute approximate surface area is 383 Å². The van der Waals surface area contributed by atoms with Crippen molar-refractivity contribution in [3.05, 3.63) is 97.2 Å². The van der Waals surface area contributed by atoms with Crippen LogP contribution in [-0.4, -0.2) is 81.6 Å². The smallest absolute Gasteiger partial charge is 0.462 e. The summed E-state index contributed by atoms with van der Waals surface area (Å²) in [6, 6.07) is 0. The van der Waals surface area contributed by atoms with Crippen molar-refractivity contribution in [2.24, 2.45) is 0 Å². The standard InChI is InChI=1S/C48H80O14P2/c1-3-5-6-7-8-9-10-11-12-13-14-15-16-19-23-26-29-32-35-39-48(52)62-46(43-61-64(56,57)60-41-45(50)40-59-63(53,54)55)42-58-47(51)38-34-31-28-25-22-20-17-18-21-24-27-30-33-37-44(49)36-4-2/h8-9,11-12,14-15,17,19-21,23-25,28,30,33,44-46,49-50H,3-7,10,13,16,18,22,26-27,29,31-32,34-43H2,1-2H3,(H,56,57)(H2,53,54,55)/b9-8-,12-11-,15-14-,20-17-,23-19-,24-21-,28-25-,33-30-/t44?,45-,46+/m0/s1. The molecule has 14 nitrogen and oxygen atoms in total. The largest absolute Gasteiger partial charge is 0.472 e. The zero-order valence-electron chi connectivity index (χ0n) is 38.5. The average molecular weight is 943 g/mol. The molecule has 0 aromatic rings. The van der Waals surface area contributed by atoms with Gasteiger partial charge in [-0.15, -0.1) is 0 Å². The van der Waals surface area contributed by atoms with E-state index in [0.29, 0.717) is 25.7 Å². The number of ether oxygens (including phenoxy) is 2. The number of aliphatic hydroxyl groups is 2. The van der Waals surface area contributed by atoms with Crippen molar-refractivity contribution in [1.29, 1.82) is 0 Å². The first-order chi connectivity index (χ1) is 30.8. The molecule has 0 bridgehead atoms. The van der Waals surface area contributed by atoms with Crippen molar-refractivity contribution < 1.29 is 66.7 Å². The molecule has 2 unspecified atom stereocenters. The predicted octanol–water partition coefficient (Wildman–Crippen LogP) is 11.1. The molecule has 0 saturated heterocycles. The number of carbonyl (C=O) groups excluding carboxylic acids is 2. The van der Waals surface area contributed by atoms with Gasteiger partial charge in [0.2, 0.25) is 0 Å². The molecule has 5 N–H and O–H groups in total. The molecule has 366 valence electrons. The van der Waals surface area contributed by atoms with Crippen LogP contribution in [-0.2, 0) is 41.8 Å². The number of rotatable bonds is 42. The number of esters is 2. The van der Waals surface area contributed by atoms with Crippen LogP contribution in [0.3, 0.4) is 0 Å². The zero-order valence-corrected chi connectivity index (χ0v) is 40.2. The molecule has 4 atom stereocenters. The molecule has 0 aromatic carbocycles. The minimum Gasteiger partial charge on any atom is -0.462 e. The molecular formula is C48H80O14P2. The number of hydrogen-bond acceptors (Lipinski definition) is 11. The van der Waals surface area contributed by atoms with Crippen LogP contribution in [0.25, 0.3) is 0 Å². The summed E-state index contributed by atoms with van der Waals surface area (Å²) < 4.78 is 47.7. The molecule has 0 rings (SSSR count). The van der Waals surface area contributed by atoms with Gasteiger partial charge in [0.25, 0.3) is 0 Å². The number of aliphatic hydroxyl groups excluding tert-OH is 2. The van der Waals surface area contributed by atoms with Gasteiger partial charge in [-0.1, -0.05) is 137 Å². The normalized spacial score (nSPS) is 15.3. The molecule has 64 heavy (non-hydrogen) atoms. The molecule has 0 fully saturated rings. The lowest BCUT2D eigenvalue weighted by atomic mass is 10.1. The summed E-state index contributed by atoms with van der Waals surface area (Å²) in [5.74, 6) is -1.16. The fourth-order valence-corrected chi connectivity index (χ4v) is 6.67. The molecule has 0 amide bonds. The zero-order chi connectivity index (χ0) is 47.4. The first kappa shape index (κ1) is 61.0. The van der Waals surface area contributed by atoms with Crippen molar-refractivity contribution in [1.82, 2.24) is 0 Å². The van der Waals surface area contributed by atoms with Crippen LogP contribution < -0.4 is 0 Å². The van der Waals surface area contributed by atoms with E-state index in [9.17, 15) is 33.8 Å². The Kier molecular flexibility index (Phi) is 40.6. The summed E-state index contributed by atoms with van der Waals surface area (Å²) in [6.45, 7) is 1.41. The van der Waals surface area contributed by atoms with E-state index in [2.05, 4.69) is 102 Å². The minimum absolute atomic E-state index is 0.0691. The monoisotopic (exact) mass is 943 g/mol. The van der Waals surface area contributed by atoms with Crippen LogP contribution in [0.2, 0.25) is 0 Å². The van der Waals surface area contributed by atoms with Crippen LogP contribution >= 0.6 is 15.6 Å². The molecule has 0 aliphatic heterocycles. The molecule has 0 aromatic heterocycles. The van der Waals surface area contributed by atoms with Gasteiger partial charge in [0.15, 0.2) is 6.10 Å². The SMILES string of the molecule is CCCCC/C=C\C/C=C\C/C=C\C/C=C\CCCCCC(=O)O[C@H](COC(=O)CCC/C=C\C/C=C\C/C=C\C/C=C\CC(O)CCC)COP(=O)(O)OC[C@@H](O)COP(=O)(O)O. The topological polar surface area (TPSA) is 216 Å². The molecule has 0 heterocycles. The maximum atomic E-state index is 12.7. The fraction of sp³-hybridized carbons (Fsp3) is 0.625. The summed E-state index contributed by atoms with van der Waals surface area (Å²) in [4.78, 5) is 52.7. The highest BCUT2D eigenvalue weighted by Crippen LogP contribution is 2.43. The van der Waals surface area contributed by atoms with Crippen LogP contribution in [0.15, 0.2) is 97.2 Å². The predicted molar refractivity (Wildman–Crippen MR) is 254 cm³/mol. The Hall–Kier alpha value is -3.00. The van der Waals surface area contributed by atoms with E-state index in [1.165, 1.54) is 19.3 Å². The maximum absolute atomic E-state index is 12.7. The first-order valence-electron chi connectivity index (χ1n) is 23.0. The molecule has 0 saturated carbocycles. The van der Waals surface area contributed by atoms with Gasteiger partial charge in [-0.3, -0.25) is 23.2 Å². The second-order valence-corrected chi connectivity index (χ2v) is 17.8. The molecule has 0 radical (unpaired) electrons. The highest BCUT2D eigenvalue weighted by molar-refractivity contribution is 7.47. The number of carbonyl (C=O) groups is 2. The van der Waals surface area contributed by atoms with Gasteiger partial charge in [-0.25, -0.2) is 9.13 Å². The number of hydrogen-bond donors (Lipinski definition) is 5. The number of phosphoric ester groups is 2. The quantitative estimate of drug-likeness (QED) is 0.0167. The lowest BCUT2D eigenvalue weighted by Gasteiger charge is -2.20. The van der Waals surface area contributed by atoms with Crippen molar-refractivity contribution in [3.8, 4) is 0 Å². The third-order valence-corrected chi connectivity index (χ3v) is 10.4. The second kappa shape index (κ2) is 42.6. The highest BCUT2D eigenvalue weighted by atomic mass is 31.2. The second-order valence-electron chi connectivity index (χ2n) is 15.1. The van der Waals surface area contributed by atoms with Crippen molar-refractivity contribution in [3.63, 3.8) is 0 Å². The van der Waals surface area contributed by atoms with E-state index in [-0.39, 0.29) is 18.9 Å². The Morgan fingerprint density at radius 3 is 1.45 bits per heavy atom. The van der Waals surface area contributed by atoms with Crippen molar-refractivity contribution in [2.75, 3.05) is 26.4 Å². The Morgan fingerprint density at radius 1 is 0.484 bits per heavy atom. The van der Waals surface area contributed by atoms with Gasteiger partial charge in [0.1, 0.15) is 12.7 Å². The number of phosphoric acid groups is 2. The minimum atomic E-state index is -4.88. The van der Waals surface area contributed by atoms with E-state index >= 15 is 0 Å². The summed E-state index contributed by atoms with van der Waals surface area (Å²) >= 11 is 0. The van der Waals surface area contributed by atoms with E-state index in [4.69, 9.17) is 23.8 Å². The molecule has 0 aliphatic carbocycles. The third kappa shape index (κ3) is 45.6. The number of allylic oxidation sites excluding steroid dienone is 15. The van der Waals surface area contributed by atoms with Crippen LogP contribution in [0, 0.1) is 0 Å². The lowest BCUT2D eigenvalue weighted by molar-refractivity contribution is -0.161. The van der Waals surface area contributed by atoms with Crippen LogP contribution in [0.4, 0.5) is 0 Å². The van der Waals surface area contributed by atoms with E-state index < -0.39 is 66.2 Å². The van der Waals surface area contributed by atoms with Gasteiger partial charge in [0.05, 0.1) is 25.9 Å². The Morgan fingerprint density at radius 2 is 0.938 bits per heavy atom. The Balaban J connectivity index is 4.68. The third-order valence-electron chi connectivity index (χ3n) is 8.99. The summed E-state index contributed by atoms with van der Waals surface area (Å²) in [5, 5.41) is 19.5. The van der Waals surface area contributed by atoms with Gasteiger partial charge >= 0.3 is 27.6 Å². The summed E-state index contributed by atoms with van der Waals surface area (Å²) in [5.41, 5.74) is 0. The molecule has 0 spiro atoms. The highest BCUT2D eigenvalue weighted by Gasteiger charge is 2.28. The fourth-order valence-electron chi connectivity index (χ4n) is 5.51. The van der Waals surface area contributed by atoms with Crippen molar-refractivity contribution >= 4 is 27.6 Å². The van der Waals surface area contributed by atoms with Crippen LogP contribution in [0.5, 0.6) is 0 Å². The van der Waals surface area contributed by atoms with E-state index in [1.807, 2.05) is 18.2 Å². The number of unbranched alkanes of at least 4 members (excludes halogenated alkanes) is 7. The van der Waals surface area contributed by atoms with Gasteiger partial charge in [-0.05, 0) is 96.3 Å².